The van der Waals surface area contributed by atoms with Crippen molar-refractivity contribution in [1.82, 2.24) is 14.5 Å². The minimum atomic E-state index is -0.515. The van der Waals surface area contributed by atoms with Crippen molar-refractivity contribution in [3.63, 3.8) is 0 Å². The maximum absolute atomic E-state index is 14.2. The fraction of sp³-hybridized carbons (Fsp3) is 0.219. The van der Waals surface area contributed by atoms with Gasteiger partial charge in [0, 0.05) is 19.2 Å². The van der Waals surface area contributed by atoms with Crippen LogP contribution in [0.3, 0.4) is 0 Å². The number of benzene rings is 4. The van der Waals surface area contributed by atoms with E-state index in [-0.39, 0.29) is 11.5 Å². The van der Waals surface area contributed by atoms with Gasteiger partial charge in [0.05, 0.1) is 29.2 Å². The topological polar surface area (TPSA) is 64.4 Å². The van der Waals surface area contributed by atoms with Gasteiger partial charge in [0.2, 0.25) is 0 Å². The number of aryl methyl sites for hydroxylation is 1. The number of carbonyl (C=O) groups is 1. The first-order chi connectivity index (χ1) is 18.5. The summed E-state index contributed by atoms with van der Waals surface area (Å²) in [7, 11) is 1.62. The highest BCUT2D eigenvalue weighted by Crippen LogP contribution is 2.28. The normalized spacial score (nSPS) is 12.1. The van der Waals surface area contributed by atoms with Crippen molar-refractivity contribution in [2.75, 3.05) is 20.3 Å². The summed E-state index contributed by atoms with van der Waals surface area (Å²) in [5.41, 5.74) is 2.87. The van der Waals surface area contributed by atoms with Crippen molar-refractivity contribution in [3.8, 4) is 5.69 Å². The van der Waals surface area contributed by atoms with Gasteiger partial charge in [0.1, 0.15) is 5.82 Å². The molecule has 38 heavy (non-hydrogen) atoms. The Balaban J connectivity index is 1.72. The van der Waals surface area contributed by atoms with Crippen LogP contribution in [0, 0.1) is 0 Å². The molecule has 1 unspecified atom stereocenters. The quantitative estimate of drug-likeness (QED) is 0.261. The van der Waals surface area contributed by atoms with E-state index in [1.54, 1.807) is 22.6 Å². The largest absolute Gasteiger partial charge is 0.383 e. The van der Waals surface area contributed by atoms with E-state index < -0.39 is 6.04 Å². The van der Waals surface area contributed by atoms with E-state index in [1.165, 1.54) is 0 Å². The van der Waals surface area contributed by atoms with E-state index >= 15 is 0 Å². The number of carbonyl (C=O) groups excluding carboxylic acids is 1. The maximum Gasteiger partial charge on any atom is 0.266 e. The van der Waals surface area contributed by atoms with Gasteiger partial charge in [-0.3, -0.25) is 14.2 Å². The number of aromatic nitrogens is 2. The van der Waals surface area contributed by atoms with E-state index in [2.05, 4.69) is 6.92 Å². The van der Waals surface area contributed by atoms with Gasteiger partial charge in [-0.25, -0.2) is 4.98 Å². The molecule has 1 amide bonds. The van der Waals surface area contributed by atoms with Gasteiger partial charge in [0.15, 0.2) is 0 Å². The van der Waals surface area contributed by atoms with Gasteiger partial charge in [-0.2, -0.15) is 0 Å². The fourth-order valence-electron chi connectivity index (χ4n) is 5.06. The van der Waals surface area contributed by atoms with E-state index in [1.807, 2.05) is 91.9 Å². The molecule has 1 aromatic heterocycles. The van der Waals surface area contributed by atoms with Gasteiger partial charge >= 0.3 is 0 Å². The zero-order valence-corrected chi connectivity index (χ0v) is 21.9. The Morgan fingerprint density at radius 2 is 1.61 bits per heavy atom. The summed E-state index contributed by atoms with van der Waals surface area (Å²) >= 11 is 0. The van der Waals surface area contributed by atoms with Crippen molar-refractivity contribution < 1.29 is 9.53 Å². The minimum absolute atomic E-state index is 0.135. The first-order valence-corrected chi connectivity index (χ1v) is 12.9. The summed E-state index contributed by atoms with van der Waals surface area (Å²) in [4.78, 5) is 34.9. The molecule has 5 aromatic rings. The van der Waals surface area contributed by atoms with Crippen molar-refractivity contribution in [3.05, 3.63) is 118 Å². The molecular weight excluding hydrogens is 474 g/mol. The molecule has 0 bridgehead atoms. The molecule has 0 aliphatic carbocycles. The van der Waals surface area contributed by atoms with E-state index in [4.69, 9.17) is 9.72 Å². The SMILES string of the molecule is CCc1ccccc1-n1c(C(C)N(CCOC)C(=O)c2cccc3ccccc23)nc2ccccc2c1=O. The molecule has 1 heterocycles. The zero-order chi connectivity index (χ0) is 26.6. The van der Waals surface area contributed by atoms with Gasteiger partial charge in [-0.15, -0.1) is 0 Å². The number of nitrogens with zero attached hydrogens (tertiary/aromatic N) is 3. The average molecular weight is 506 g/mol. The lowest BCUT2D eigenvalue weighted by Gasteiger charge is -2.31. The molecule has 0 saturated heterocycles. The van der Waals surface area contributed by atoms with E-state index in [0.717, 1.165) is 28.4 Å². The predicted molar refractivity (Wildman–Crippen MR) is 152 cm³/mol. The Morgan fingerprint density at radius 3 is 2.39 bits per heavy atom. The van der Waals surface area contributed by atoms with Gasteiger partial charge in [-0.1, -0.05) is 73.7 Å². The third kappa shape index (κ3) is 4.59. The second-order valence-electron chi connectivity index (χ2n) is 9.30. The molecule has 0 fully saturated rings. The number of methoxy groups -OCH3 is 1. The number of amides is 1. The lowest BCUT2D eigenvalue weighted by atomic mass is 10.0. The van der Waals surface area contributed by atoms with Crippen molar-refractivity contribution in [2.24, 2.45) is 0 Å². The molecule has 1 atom stereocenters. The molecule has 192 valence electrons. The number of rotatable bonds is 8. The molecule has 6 heteroatoms. The summed E-state index contributed by atoms with van der Waals surface area (Å²) in [6, 6.07) is 28.3. The zero-order valence-electron chi connectivity index (χ0n) is 21.9. The van der Waals surface area contributed by atoms with Crippen LogP contribution in [0.5, 0.6) is 0 Å². The molecule has 0 aliphatic heterocycles. The Bertz CT molecular complexity index is 1670. The van der Waals surface area contributed by atoms with Crippen LogP contribution in [-0.4, -0.2) is 40.6 Å². The molecule has 0 saturated carbocycles. The van der Waals surface area contributed by atoms with Crippen LogP contribution < -0.4 is 5.56 Å². The van der Waals surface area contributed by atoms with Crippen molar-refractivity contribution in [2.45, 2.75) is 26.3 Å². The average Bonchev–Trinajstić information content (AvgIpc) is 2.96. The first-order valence-electron chi connectivity index (χ1n) is 12.9. The van der Waals surface area contributed by atoms with Gasteiger partial charge in [-0.05, 0) is 53.9 Å². The lowest BCUT2D eigenvalue weighted by molar-refractivity contribution is 0.0607. The van der Waals surface area contributed by atoms with Crippen molar-refractivity contribution in [1.29, 1.82) is 0 Å². The van der Waals surface area contributed by atoms with E-state index in [0.29, 0.717) is 35.4 Å². The summed E-state index contributed by atoms with van der Waals surface area (Å²) < 4.78 is 7.08. The smallest absolute Gasteiger partial charge is 0.266 e. The van der Waals surface area contributed by atoms with Gasteiger partial charge in [0.25, 0.3) is 11.5 Å². The highest BCUT2D eigenvalue weighted by Gasteiger charge is 2.28. The molecule has 0 N–H and O–H groups in total. The molecule has 0 radical (unpaired) electrons. The van der Waals surface area contributed by atoms with Gasteiger partial charge < -0.3 is 9.64 Å². The van der Waals surface area contributed by atoms with E-state index in [9.17, 15) is 9.59 Å². The van der Waals surface area contributed by atoms with Crippen LogP contribution in [0.15, 0.2) is 95.8 Å². The molecule has 0 spiro atoms. The summed E-state index contributed by atoms with van der Waals surface area (Å²) in [5, 5.41) is 2.42. The predicted octanol–water partition coefficient (Wildman–Crippen LogP) is 5.95. The number of ether oxygens (including phenoxy) is 1. The first kappa shape index (κ1) is 25.4. The number of hydrogen-bond donors (Lipinski definition) is 0. The Hall–Kier alpha value is -4.29. The third-order valence-corrected chi connectivity index (χ3v) is 7.07. The van der Waals surface area contributed by atoms with Crippen molar-refractivity contribution >= 4 is 27.6 Å². The Morgan fingerprint density at radius 1 is 0.921 bits per heavy atom. The summed E-state index contributed by atoms with van der Waals surface area (Å²) in [6.45, 7) is 4.69. The molecule has 0 aliphatic rings. The molecular formula is C32H31N3O3. The summed E-state index contributed by atoms with van der Waals surface area (Å²) in [6.07, 6.45) is 0.756. The second kappa shape index (κ2) is 11.0. The van der Waals surface area contributed by atoms with Crippen LogP contribution in [0.2, 0.25) is 0 Å². The Kier molecular flexibility index (Phi) is 7.33. The molecule has 4 aromatic carbocycles. The van der Waals surface area contributed by atoms with Crippen LogP contribution in [-0.2, 0) is 11.2 Å². The maximum atomic E-state index is 14.2. The van der Waals surface area contributed by atoms with Crippen LogP contribution in [0.25, 0.3) is 27.4 Å². The number of hydrogen-bond acceptors (Lipinski definition) is 4. The highest BCUT2D eigenvalue weighted by molar-refractivity contribution is 6.07. The summed E-state index contributed by atoms with van der Waals surface area (Å²) in [5.74, 6) is 0.378. The standard InChI is InChI=1S/C32H31N3O3/c1-4-23-12-6-10-19-29(23)35-30(33-28-18-9-8-16-27(28)32(35)37)22(2)34(20-21-38-3)31(36)26-17-11-14-24-13-5-7-15-25(24)26/h5-19,22H,4,20-21H2,1-3H3. The Labute approximate surface area is 222 Å². The monoisotopic (exact) mass is 505 g/mol. The number of fused-ring (bicyclic) bond motifs is 2. The van der Waals surface area contributed by atoms with Crippen LogP contribution >= 0.6 is 0 Å². The molecule has 5 rings (SSSR count). The third-order valence-electron chi connectivity index (χ3n) is 7.07. The lowest BCUT2D eigenvalue weighted by Crippen LogP contribution is -2.39. The van der Waals surface area contributed by atoms with Crippen LogP contribution in [0.1, 0.15) is 41.6 Å². The minimum Gasteiger partial charge on any atom is -0.383 e. The van der Waals surface area contributed by atoms with Crippen LogP contribution in [0.4, 0.5) is 0 Å². The second-order valence-corrected chi connectivity index (χ2v) is 9.30. The molecule has 6 nitrogen and oxygen atoms in total. The highest BCUT2D eigenvalue weighted by atomic mass is 16.5. The fourth-order valence-corrected chi connectivity index (χ4v) is 5.06. The number of para-hydroxylation sites is 2.